The first-order valence-corrected chi connectivity index (χ1v) is 2.21. The number of nitrogen functional groups attached to an aromatic ring is 1. The van der Waals surface area contributed by atoms with Gasteiger partial charge in [-0.3, -0.25) is 9.48 Å². The second-order valence-electron chi connectivity index (χ2n) is 1.57. The molecule has 0 aliphatic rings. The van der Waals surface area contributed by atoms with E-state index in [4.69, 9.17) is 5.84 Å². The summed E-state index contributed by atoms with van der Waals surface area (Å²) in [5.74, 6) is 5.17. The Morgan fingerprint density at radius 3 is 2.50 bits per heavy atom. The molecule has 4 nitrogen and oxygen atoms in total. The van der Waals surface area contributed by atoms with Crippen LogP contribution in [0.15, 0.2) is 17.1 Å². The molecule has 0 atom stereocenters. The first kappa shape index (κ1) is 4.96. The lowest BCUT2D eigenvalue weighted by Gasteiger charge is -1.94. The van der Waals surface area contributed by atoms with Gasteiger partial charge in [0.1, 0.15) is 0 Å². The summed E-state index contributed by atoms with van der Waals surface area (Å²) in [5.41, 5.74) is -0.187. The van der Waals surface area contributed by atoms with Gasteiger partial charge in [-0.25, -0.2) is 0 Å². The van der Waals surface area contributed by atoms with E-state index in [2.05, 4.69) is 0 Å². The minimum Gasteiger partial charge on any atom is -0.321 e. The van der Waals surface area contributed by atoms with Crippen molar-refractivity contribution in [2.24, 2.45) is 7.05 Å². The summed E-state index contributed by atoms with van der Waals surface area (Å²) < 4.78 is 1.50. The lowest BCUT2D eigenvalue weighted by Crippen LogP contribution is -2.28. The second kappa shape index (κ2) is 1.40. The molecule has 0 aromatic carbocycles. The van der Waals surface area contributed by atoms with Gasteiger partial charge < -0.3 is 5.84 Å². The van der Waals surface area contributed by atoms with Gasteiger partial charge in [0.2, 0.25) is 0 Å². The van der Waals surface area contributed by atoms with Crippen LogP contribution in [0.3, 0.4) is 0 Å². The van der Waals surface area contributed by atoms with Crippen LogP contribution in [0.1, 0.15) is 0 Å². The molecule has 0 saturated heterocycles. The van der Waals surface area contributed by atoms with E-state index in [1.807, 2.05) is 0 Å². The van der Waals surface area contributed by atoms with Crippen molar-refractivity contribution >= 4 is 0 Å². The van der Waals surface area contributed by atoms with Gasteiger partial charge in [0, 0.05) is 19.3 Å². The maximum atomic E-state index is 10.5. The van der Waals surface area contributed by atoms with Crippen LogP contribution < -0.4 is 11.4 Å². The smallest absolute Gasteiger partial charge is 0.285 e. The highest BCUT2D eigenvalue weighted by Gasteiger charge is 1.89. The van der Waals surface area contributed by atoms with Crippen LogP contribution in [-0.2, 0) is 7.05 Å². The molecular weight excluding hydrogens is 106 g/mol. The van der Waals surface area contributed by atoms with Gasteiger partial charge in [-0.1, -0.05) is 0 Å². The third-order valence-corrected chi connectivity index (χ3v) is 0.999. The molecule has 0 fully saturated rings. The highest BCUT2D eigenvalue weighted by atomic mass is 16.1. The van der Waals surface area contributed by atoms with Crippen LogP contribution in [0.2, 0.25) is 0 Å². The van der Waals surface area contributed by atoms with Crippen LogP contribution >= 0.6 is 0 Å². The van der Waals surface area contributed by atoms with Gasteiger partial charge in [-0.2, -0.15) is 4.79 Å². The van der Waals surface area contributed by atoms with Gasteiger partial charge in [0.05, 0.1) is 0 Å². The van der Waals surface area contributed by atoms with E-state index in [9.17, 15) is 4.79 Å². The Balaban J connectivity index is 3.41. The number of hydrogen-bond donors (Lipinski definition) is 1. The summed E-state index contributed by atoms with van der Waals surface area (Å²) in [4.78, 5) is 11.5. The van der Waals surface area contributed by atoms with Gasteiger partial charge >= 0.3 is 0 Å². The summed E-state index contributed by atoms with van der Waals surface area (Å²) >= 11 is 0. The molecule has 0 spiro atoms. The highest BCUT2D eigenvalue weighted by molar-refractivity contribution is 4.81. The van der Waals surface area contributed by atoms with Gasteiger partial charge in [-0.05, 0) is 0 Å². The molecule has 0 aliphatic carbocycles. The molecule has 8 heavy (non-hydrogen) atoms. The Hall–Kier alpha value is -1.19. The Kier molecular flexibility index (Phi) is 0.865. The first-order chi connectivity index (χ1) is 3.72. The van der Waals surface area contributed by atoms with Crippen LogP contribution in [0, 0.1) is 0 Å². The largest absolute Gasteiger partial charge is 0.321 e. The topological polar surface area (TPSA) is 53.0 Å². The molecular formula is C4H7N3O. The van der Waals surface area contributed by atoms with Crippen molar-refractivity contribution in [3.63, 3.8) is 0 Å². The molecule has 0 unspecified atom stereocenters. The van der Waals surface area contributed by atoms with Crippen molar-refractivity contribution in [2.45, 2.75) is 0 Å². The van der Waals surface area contributed by atoms with Crippen molar-refractivity contribution < 1.29 is 0 Å². The van der Waals surface area contributed by atoms with E-state index in [-0.39, 0.29) is 5.56 Å². The summed E-state index contributed by atoms with van der Waals surface area (Å²) in [6.45, 7) is 0. The molecule has 1 aromatic heterocycles. The normalized spacial score (nSPS) is 9.62. The number of nitrogens with zero attached hydrogens (tertiary/aromatic N) is 2. The van der Waals surface area contributed by atoms with Crippen LogP contribution in [-0.4, -0.2) is 9.47 Å². The molecule has 1 rings (SSSR count). The molecule has 44 valence electrons. The van der Waals surface area contributed by atoms with E-state index < -0.39 is 0 Å². The zero-order chi connectivity index (χ0) is 6.15. The summed E-state index contributed by atoms with van der Waals surface area (Å²) in [6.07, 6.45) is 1.60. The average Bonchev–Trinajstić information content (AvgIpc) is 1.98. The monoisotopic (exact) mass is 113 g/mol. The molecule has 1 aromatic rings. The van der Waals surface area contributed by atoms with E-state index in [1.54, 1.807) is 13.2 Å². The predicted molar refractivity (Wildman–Crippen MR) is 29.8 cm³/mol. The lowest BCUT2D eigenvalue weighted by molar-refractivity contribution is 0.616. The molecule has 1 heterocycles. The third kappa shape index (κ3) is 0.501. The van der Waals surface area contributed by atoms with Crippen molar-refractivity contribution in [1.82, 2.24) is 9.47 Å². The average molecular weight is 113 g/mol. The fourth-order valence-electron chi connectivity index (χ4n) is 0.475. The summed E-state index contributed by atoms with van der Waals surface area (Å²) in [7, 11) is 1.70. The van der Waals surface area contributed by atoms with Gasteiger partial charge in [0.25, 0.3) is 5.56 Å². The summed E-state index contributed by atoms with van der Waals surface area (Å²) in [5, 5.41) is 0. The second-order valence-corrected chi connectivity index (χ2v) is 1.57. The van der Waals surface area contributed by atoms with Gasteiger partial charge in [-0.15, -0.1) is 0 Å². The van der Waals surface area contributed by atoms with Gasteiger partial charge in [0.15, 0.2) is 0 Å². The summed E-state index contributed by atoms with van der Waals surface area (Å²) in [6, 6.07) is 1.40. The van der Waals surface area contributed by atoms with E-state index >= 15 is 0 Å². The number of rotatable bonds is 0. The maximum Gasteiger partial charge on any atom is 0.285 e. The minimum atomic E-state index is -0.187. The quantitative estimate of drug-likeness (QED) is 0.434. The number of aromatic nitrogens is 2. The van der Waals surface area contributed by atoms with Crippen molar-refractivity contribution in [2.75, 3.05) is 5.84 Å². The molecule has 0 aliphatic heterocycles. The molecule has 0 bridgehead atoms. The van der Waals surface area contributed by atoms with Crippen LogP contribution in [0.5, 0.6) is 0 Å². The minimum absolute atomic E-state index is 0.187. The molecule has 2 N–H and O–H groups in total. The maximum absolute atomic E-state index is 10.5. The van der Waals surface area contributed by atoms with Crippen molar-refractivity contribution in [1.29, 1.82) is 0 Å². The molecule has 0 radical (unpaired) electrons. The Morgan fingerprint density at radius 1 is 1.75 bits per heavy atom. The zero-order valence-corrected chi connectivity index (χ0v) is 4.53. The number of hydrogen-bond acceptors (Lipinski definition) is 2. The van der Waals surface area contributed by atoms with E-state index in [0.29, 0.717) is 0 Å². The SMILES string of the molecule is Cn1ccc(=O)n1N. The number of nitrogens with two attached hydrogens (primary N) is 1. The molecule has 4 heteroatoms. The van der Waals surface area contributed by atoms with E-state index in [0.717, 1.165) is 4.79 Å². The Morgan fingerprint density at radius 2 is 2.38 bits per heavy atom. The fraction of sp³-hybridized carbons (Fsp3) is 0.250. The van der Waals surface area contributed by atoms with Crippen LogP contribution in [0.25, 0.3) is 0 Å². The van der Waals surface area contributed by atoms with E-state index in [1.165, 1.54) is 10.7 Å². The third-order valence-electron chi connectivity index (χ3n) is 0.999. The molecule has 0 amide bonds. The first-order valence-electron chi connectivity index (χ1n) is 2.21. The molecule has 0 saturated carbocycles. The number of aryl methyl sites for hydroxylation is 1. The Labute approximate surface area is 46.1 Å². The van der Waals surface area contributed by atoms with Crippen LogP contribution in [0.4, 0.5) is 0 Å². The highest BCUT2D eigenvalue weighted by Crippen LogP contribution is 1.69. The zero-order valence-electron chi connectivity index (χ0n) is 4.53. The standard InChI is InChI=1S/C4H7N3O/c1-6-3-2-4(8)7(6)5/h2-3H,5H2,1H3. The predicted octanol–water partition coefficient (Wildman–Crippen LogP) is -1.10. The van der Waals surface area contributed by atoms with Crippen molar-refractivity contribution in [3.8, 4) is 0 Å². The van der Waals surface area contributed by atoms with Crippen molar-refractivity contribution in [3.05, 3.63) is 22.6 Å². The fourth-order valence-corrected chi connectivity index (χ4v) is 0.475. The lowest BCUT2D eigenvalue weighted by atomic mass is 10.7. The Bertz CT molecular complexity index is 234.